The van der Waals surface area contributed by atoms with E-state index in [0.717, 1.165) is 22.4 Å². The maximum Gasteiger partial charge on any atom is 0.257 e. The quantitative estimate of drug-likeness (QED) is 0.746. The van der Waals surface area contributed by atoms with E-state index in [1.165, 1.54) is 0 Å². The molecule has 5 heteroatoms. The van der Waals surface area contributed by atoms with Gasteiger partial charge in [-0.3, -0.25) is 4.79 Å². The number of hydrogen-bond acceptors (Lipinski definition) is 4. The van der Waals surface area contributed by atoms with Crippen molar-refractivity contribution in [2.45, 2.75) is 6.92 Å². The SMILES string of the molecule is COc1ccc(OC)c(-c2ccnc(NC(=O)c3ccccc3C)c2)c1. The predicted octanol–water partition coefficient (Wildman–Crippen LogP) is 4.33. The number of benzene rings is 2. The Morgan fingerprint density at radius 2 is 1.81 bits per heavy atom. The summed E-state index contributed by atoms with van der Waals surface area (Å²) >= 11 is 0. The molecule has 0 saturated heterocycles. The number of amides is 1. The number of hydrogen-bond donors (Lipinski definition) is 1. The Balaban J connectivity index is 1.92. The second-order valence-corrected chi connectivity index (χ2v) is 5.77. The van der Waals surface area contributed by atoms with E-state index in [1.54, 1.807) is 26.5 Å². The molecule has 1 N–H and O–H groups in total. The van der Waals surface area contributed by atoms with E-state index < -0.39 is 0 Å². The van der Waals surface area contributed by atoms with Gasteiger partial charge in [0.1, 0.15) is 17.3 Å². The number of carbonyl (C=O) groups is 1. The summed E-state index contributed by atoms with van der Waals surface area (Å²) in [6.45, 7) is 1.90. The van der Waals surface area contributed by atoms with Gasteiger partial charge in [-0.1, -0.05) is 18.2 Å². The molecule has 5 nitrogen and oxygen atoms in total. The summed E-state index contributed by atoms with van der Waals surface area (Å²) in [6, 6.07) is 16.7. The van der Waals surface area contributed by atoms with Crippen LogP contribution in [0.4, 0.5) is 5.82 Å². The predicted molar refractivity (Wildman–Crippen MR) is 102 cm³/mol. The molecule has 3 aromatic rings. The van der Waals surface area contributed by atoms with E-state index in [2.05, 4.69) is 10.3 Å². The van der Waals surface area contributed by atoms with Gasteiger partial charge in [0.05, 0.1) is 14.2 Å². The first-order chi connectivity index (χ1) is 12.6. The van der Waals surface area contributed by atoms with Gasteiger partial charge in [0.25, 0.3) is 5.91 Å². The number of aromatic nitrogens is 1. The van der Waals surface area contributed by atoms with Crippen molar-refractivity contribution in [1.82, 2.24) is 4.98 Å². The molecule has 1 amide bonds. The van der Waals surface area contributed by atoms with Gasteiger partial charge in [-0.15, -0.1) is 0 Å². The second kappa shape index (κ2) is 7.70. The fourth-order valence-corrected chi connectivity index (χ4v) is 2.72. The summed E-state index contributed by atoms with van der Waals surface area (Å²) in [5.74, 6) is 1.72. The third-order valence-corrected chi connectivity index (χ3v) is 4.11. The van der Waals surface area contributed by atoms with Crippen LogP contribution in [0.2, 0.25) is 0 Å². The van der Waals surface area contributed by atoms with Gasteiger partial charge < -0.3 is 14.8 Å². The highest BCUT2D eigenvalue weighted by atomic mass is 16.5. The van der Waals surface area contributed by atoms with E-state index >= 15 is 0 Å². The average Bonchev–Trinajstić information content (AvgIpc) is 2.68. The van der Waals surface area contributed by atoms with Crippen molar-refractivity contribution >= 4 is 11.7 Å². The van der Waals surface area contributed by atoms with Crippen LogP contribution in [0.15, 0.2) is 60.8 Å². The molecule has 0 spiro atoms. The lowest BCUT2D eigenvalue weighted by atomic mass is 10.0. The molecule has 0 bridgehead atoms. The summed E-state index contributed by atoms with van der Waals surface area (Å²) in [4.78, 5) is 16.8. The molecule has 2 aromatic carbocycles. The van der Waals surface area contributed by atoms with E-state index in [-0.39, 0.29) is 5.91 Å². The zero-order chi connectivity index (χ0) is 18.5. The van der Waals surface area contributed by atoms with Gasteiger partial charge in [-0.05, 0) is 54.4 Å². The van der Waals surface area contributed by atoms with Gasteiger partial charge >= 0.3 is 0 Å². The maximum absolute atomic E-state index is 12.5. The Labute approximate surface area is 152 Å². The first-order valence-electron chi connectivity index (χ1n) is 8.18. The smallest absolute Gasteiger partial charge is 0.257 e. The van der Waals surface area contributed by atoms with Gasteiger partial charge in [-0.2, -0.15) is 0 Å². The number of rotatable bonds is 5. The second-order valence-electron chi connectivity index (χ2n) is 5.77. The van der Waals surface area contributed by atoms with Crippen molar-refractivity contribution in [2.75, 3.05) is 19.5 Å². The third kappa shape index (κ3) is 3.67. The van der Waals surface area contributed by atoms with Crippen LogP contribution in [0.3, 0.4) is 0 Å². The van der Waals surface area contributed by atoms with E-state index in [9.17, 15) is 4.79 Å². The van der Waals surface area contributed by atoms with E-state index in [4.69, 9.17) is 9.47 Å². The van der Waals surface area contributed by atoms with Crippen molar-refractivity contribution < 1.29 is 14.3 Å². The van der Waals surface area contributed by atoms with Crippen LogP contribution >= 0.6 is 0 Å². The van der Waals surface area contributed by atoms with E-state index in [1.807, 2.05) is 55.5 Å². The lowest BCUT2D eigenvalue weighted by Crippen LogP contribution is -2.14. The normalized spacial score (nSPS) is 10.3. The number of nitrogens with one attached hydrogen (secondary N) is 1. The van der Waals surface area contributed by atoms with E-state index in [0.29, 0.717) is 17.1 Å². The molecular formula is C21H20N2O3. The minimum absolute atomic E-state index is 0.189. The lowest BCUT2D eigenvalue weighted by Gasteiger charge is -2.12. The molecular weight excluding hydrogens is 328 g/mol. The number of methoxy groups -OCH3 is 2. The number of ether oxygens (including phenoxy) is 2. The largest absolute Gasteiger partial charge is 0.497 e. The van der Waals surface area contributed by atoms with Crippen molar-refractivity contribution in [3.8, 4) is 22.6 Å². The van der Waals surface area contributed by atoms with Crippen LogP contribution in [0.25, 0.3) is 11.1 Å². The van der Waals surface area contributed by atoms with Gasteiger partial charge in [0.2, 0.25) is 0 Å². The topological polar surface area (TPSA) is 60.5 Å². The highest BCUT2D eigenvalue weighted by molar-refractivity contribution is 6.05. The minimum atomic E-state index is -0.189. The number of anilines is 1. The molecule has 0 unspecified atom stereocenters. The summed E-state index contributed by atoms with van der Waals surface area (Å²) in [5.41, 5.74) is 3.27. The minimum Gasteiger partial charge on any atom is -0.497 e. The molecule has 3 rings (SSSR count). The summed E-state index contributed by atoms with van der Waals surface area (Å²) in [7, 11) is 3.24. The Morgan fingerprint density at radius 1 is 1.00 bits per heavy atom. The summed E-state index contributed by atoms with van der Waals surface area (Å²) in [5, 5.41) is 2.85. The third-order valence-electron chi connectivity index (χ3n) is 4.11. The van der Waals surface area contributed by atoms with Crippen molar-refractivity contribution in [3.63, 3.8) is 0 Å². The molecule has 26 heavy (non-hydrogen) atoms. The molecule has 0 saturated carbocycles. The number of aryl methyl sites for hydroxylation is 1. The molecule has 0 radical (unpaired) electrons. The Morgan fingerprint density at radius 3 is 2.54 bits per heavy atom. The molecule has 0 fully saturated rings. The first-order valence-corrected chi connectivity index (χ1v) is 8.18. The first kappa shape index (κ1) is 17.5. The van der Waals surface area contributed by atoms with Crippen LogP contribution in [0, 0.1) is 6.92 Å². The molecule has 0 aliphatic heterocycles. The van der Waals surface area contributed by atoms with Crippen LogP contribution in [-0.2, 0) is 0 Å². The molecule has 0 atom stereocenters. The zero-order valence-corrected chi connectivity index (χ0v) is 14.9. The van der Waals surface area contributed by atoms with Crippen LogP contribution in [0.1, 0.15) is 15.9 Å². The molecule has 132 valence electrons. The standard InChI is InChI=1S/C21H20N2O3/c1-14-6-4-5-7-17(14)21(24)23-20-12-15(10-11-22-20)18-13-16(25-2)8-9-19(18)26-3/h4-13H,1-3H3,(H,22,23,24). The Kier molecular flexibility index (Phi) is 5.17. The molecule has 1 heterocycles. The maximum atomic E-state index is 12.5. The Bertz CT molecular complexity index is 938. The zero-order valence-electron chi connectivity index (χ0n) is 14.9. The summed E-state index contributed by atoms with van der Waals surface area (Å²) < 4.78 is 10.7. The Hall–Kier alpha value is -3.34. The van der Waals surface area contributed by atoms with Crippen molar-refractivity contribution in [3.05, 3.63) is 71.9 Å². The molecule has 1 aromatic heterocycles. The number of carbonyl (C=O) groups excluding carboxylic acids is 1. The highest BCUT2D eigenvalue weighted by Gasteiger charge is 2.12. The molecule has 0 aliphatic rings. The number of nitrogens with zero attached hydrogens (tertiary/aromatic N) is 1. The lowest BCUT2D eigenvalue weighted by molar-refractivity contribution is 0.102. The van der Waals surface area contributed by atoms with Gasteiger partial charge in [-0.25, -0.2) is 4.98 Å². The summed E-state index contributed by atoms with van der Waals surface area (Å²) in [6.07, 6.45) is 1.65. The molecule has 0 aliphatic carbocycles. The van der Waals surface area contributed by atoms with Crippen LogP contribution < -0.4 is 14.8 Å². The highest BCUT2D eigenvalue weighted by Crippen LogP contribution is 2.34. The van der Waals surface area contributed by atoms with Crippen molar-refractivity contribution in [1.29, 1.82) is 0 Å². The van der Waals surface area contributed by atoms with Crippen LogP contribution in [-0.4, -0.2) is 25.1 Å². The van der Waals surface area contributed by atoms with Gasteiger partial charge in [0.15, 0.2) is 0 Å². The van der Waals surface area contributed by atoms with Crippen LogP contribution in [0.5, 0.6) is 11.5 Å². The van der Waals surface area contributed by atoms with Crippen molar-refractivity contribution in [2.24, 2.45) is 0 Å². The fourth-order valence-electron chi connectivity index (χ4n) is 2.72. The number of pyridine rings is 1. The fraction of sp³-hybridized carbons (Fsp3) is 0.143. The van der Waals surface area contributed by atoms with Gasteiger partial charge in [0, 0.05) is 17.3 Å². The monoisotopic (exact) mass is 348 g/mol. The average molecular weight is 348 g/mol.